The number of allylic oxidation sites excluding steroid dienone is 1. The number of fused-ring (bicyclic) bond motifs is 1. The minimum Gasteiger partial charge on any atom is -0.508 e. The molecule has 1 N–H and O–H groups in total. The third-order valence-electron chi connectivity index (χ3n) is 3.52. The lowest BCUT2D eigenvalue weighted by Gasteiger charge is -2.23. The molecule has 1 heterocycles. The van der Waals surface area contributed by atoms with Gasteiger partial charge < -0.3 is 9.84 Å². The zero-order valence-electron chi connectivity index (χ0n) is 13.4. The Morgan fingerprint density at radius 1 is 1.17 bits per heavy atom. The molecule has 120 valence electrons. The average molecular weight is 318 g/mol. The monoisotopic (exact) mass is 318 g/mol. The molecule has 0 saturated carbocycles. The van der Waals surface area contributed by atoms with Crippen molar-refractivity contribution in [2.75, 3.05) is 6.61 Å². The number of carbonyl (C=O) groups excluding carboxylic acids is 1. The highest BCUT2D eigenvalue weighted by Crippen LogP contribution is 2.39. The van der Waals surface area contributed by atoms with E-state index in [9.17, 15) is 9.90 Å². The highest BCUT2D eigenvalue weighted by Gasteiger charge is 2.20. The van der Waals surface area contributed by atoms with Crippen LogP contribution in [0.1, 0.15) is 18.1 Å². The van der Waals surface area contributed by atoms with Crippen molar-refractivity contribution in [3.8, 4) is 24.3 Å². The van der Waals surface area contributed by atoms with Crippen LogP contribution in [0, 0.1) is 12.8 Å². The van der Waals surface area contributed by atoms with Gasteiger partial charge in [-0.25, -0.2) is 0 Å². The number of aromatic hydroxyl groups is 1. The van der Waals surface area contributed by atoms with Gasteiger partial charge in [-0.2, -0.15) is 0 Å². The summed E-state index contributed by atoms with van der Waals surface area (Å²) in [6.45, 7) is 1.89. The molecule has 0 atom stereocenters. The molecule has 1 aliphatic rings. The molecule has 24 heavy (non-hydrogen) atoms. The summed E-state index contributed by atoms with van der Waals surface area (Å²) in [4.78, 5) is 11.2. The zero-order valence-corrected chi connectivity index (χ0v) is 13.4. The van der Waals surface area contributed by atoms with Crippen molar-refractivity contribution >= 4 is 11.4 Å². The van der Waals surface area contributed by atoms with Gasteiger partial charge in [-0.3, -0.25) is 4.79 Å². The van der Waals surface area contributed by atoms with Crippen LogP contribution in [0.15, 0.2) is 66.3 Å². The molecule has 3 nitrogen and oxygen atoms in total. The Balaban J connectivity index is 0.00000100. The average Bonchev–Trinajstić information content (AvgIpc) is 2.61. The first-order valence-electron chi connectivity index (χ1n) is 7.42. The molecule has 2 aromatic carbocycles. The van der Waals surface area contributed by atoms with Crippen LogP contribution < -0.4 is 4.74 Å². The number of hydrogen-bond acceptors (Lipinski definition) is 3. The van der Waals surface area contributed by atoms with Crippen molar-refractivity contribution < 1.29 is 14.6 Å². The number of phenols is 1. The highest BCUT2D eigenvalue weighted by molar-refractivity contribution is 5.91. The van der Waals surface area contributed by atoms with E-state index in [-0.39, 0.29) is 11.5 Å². The first-order chi connectivity index (χ1) is 11.6. The van der Waals surface area contributed by atoms with E-state index in [2.05, 4.69) is 12.8 Å². The molecule has 0 fully saturated rings. The van der Waals surface area contributed by atoms with E-state index in [4.69, 9.17) is 4.74 Å². The summed E-state index contributed by atoms with van der Waals surface area (Å²) in [5, 5.41) is 9.63. The topological polar surface area (TPSA) is 46.5 Å². The molecule has 0 aliphatic carbocycles. The van der Waals surface area contributed by atoms with Crippen molar-refractivity contribution in [3.63, 3.8) is 0 Å². The molecule has 0 spiro atoms. The minimum atomic E-state index is -0.00332. The number of ketones is 1. The molecule has 2 aromatic rings. The van der Waals surface area contributed by atoms with Crippen molar-refractivity contribution in [1.82, 2.24) is 0 Å². The van der Waals surface area contributed by atoms with E-state index in [1.165, 1.54) is 6.92 Å². The molecule has 0 aromatic heterocycles. The predicted octanol–water partition coefficient (Wildman–Crippen LogP) is 3.98. The molecular weight excluding hydrogens is 300 g/mol. The Kier molecular flexibility index (Phi) is 5.59. The van der Waals surface area contributed by atoms with E-state index in [0.717, 1.165) is 22.3 Å². The van der Waals surface area contributed by atoms with Gasteiger partial charge in [-0.15, -0.1) is 12.8 Å². The second-order valence-corrected chi connectivity index (χ2v) is 5.18. The summed E-state index contributed by atoms with van der Waals surface area (Å²) < 4.78 is 5.72. The Labute approximate surface area is 141 Å². The van der Waals surface area contributed by atoms with Gasteiger partial charge in [0.1, 0.15) is 18.1 Å². The molecule has 0 amide bonds. The summed E-state index contributed by atoms with van der Waals surface area (Å²) in [6.07, 6.45) is 11.4. The normalized spacial score (nSPS) is 12.8. The number of rotatable bonds is 3. The second kappa shape index (κ2) is 7.85. The van der Waals surface area contributed by atoms with Crippen molar-refractivity contribution in [3.05, 3.63) is 77.4 Å². The minimum absolute atomic E-state index is 0.00332. The van der Waals surface area contributed by atoms with Crippen LogP contribution in [0.4, 0.5) is 0 Å². The lowest BCUT2D eigenvalue weighted by molar-refractivity contribution is -0.112. The fraction of sp³-hybridized carbons (Fsp3) is 0.0952. The summed E-state index contributed by atoms with van der Waals surface area (Å²) in [5.74, 6) is 0.823. The second-order valence-electron chi connectivity index (χ2n) is 5.18. The van der Waals surface area contributed by atoms with Crippen molar-refractivity contribution in [2.24, 2.45) is 0 Å². The van der Waals surface area contributed by atoms with Crippen LogP contribution >= 0.6 is 0 Å². The number of terminal acetylenes is 1. The maximum atomic E-state index is 11.2. The highest BCUT2D eigenvalue weighted by atomic mass is 16.5. The summed E-state index contributed by atoms with van der Waals surface area (Å²) in [6, 6.07) is 15.1. The van der Waals surface area contributed by atoms with Crippen LogP contribution in [0.5, 0.6) is 11.5 Å². The molecule has 0 bridgehead atoms. The van der Waals surface area contributed by atoms with Crippen LogP contribution in [0.2, 0.25) is 0 Å². The predicted molar refractivity (Wildman–Crippen MR) is 95.8 cm³/mol. The quantitative estimate of drug-likeness (QED) is 0.688. The molecule has 3 rings (SSSR count). The van der Waals surface area contributed by atoms with Crippen LogP contribution in [0.25, 0.3) is 5.57 Å². The number of ether oxygens (including phenoxy) is 1. The number of carbonyl (C=O) groups is 1. The number of hydrogen-bond donors (Lipinski definition) is 1. The lowest BCUT2D eigenvalue weighted by atomic mass is 9.90. The Bertz CT molecular complexity index is 811. The third kappa shape index (κ3) is 3.74. The number of phenolic OH excluding ortho intramolecular Hbond substituents is 1. The van der Waals surface area contributed by atoms with Gasteiger partial charge in [-0.05, 0) is 41.8 Å². The largest absolute Gasteiger partial charge is 0.508 e. The Hall–Kier alpha value is -3.25. The first kappa shape index (κ1) is 17.1. The van der Waals surface area contributed by atoms with Gasteiger partial charge in [0.05, 0.1) is 0 Å². The van der Waals surface area contributed by atoms with Gasteiger partial charge >= 0.3 is 0 Å². The van der Waals surface area contributed by atoms with Gasteiger partial charge in [-0.1, -0.05) is 36.4 Å². The summed E-state index contributed by atoms with van der Waals surface area (Å²) >= 11 is 0. The van der Waals surface area contributed by atoms with E-state index >= 15 is 0 Å². The molecule has 0 radical (unpaired) electrons. The fourth-order valence-corrected chi connectivity index (χ4v) is 2.53. The molecule has 0 unspecified atom stereocenters. The van der Waals surface area contributed by atoms with Gasteiger partial charge in [0.15, 0.2) is 5.78 Å². The van der Waals surface area contributed by atoms with Crippen molar-refractivity contribution in [2.45, 2.75) is 6.92 Å². The van der Waals surface area contributed by atoms with Gasteiger partial charge in [0.25, 0.3) is 0 Å². The van der Waals surface area contributed by atoms with E-state index in [1.54, 1.807) is 24.3 Å². The van der Waals surface area contributed by atoms with Crippen molar-refractivity contribution in [1.29, 1.82) is 0 Å². The summed E-state index contributed by atoms with van der Waals surface area (Å²) in [7, 11) is 0. The Morgan fingerprint density at radius 2 is 1.88 bits per heavy atom. The first-order valence-corrected chi connectivity index (χ1v) is 7.42. The maximum absolute atomic E-state index is 11.2. The van der Waals surface area contributed by atoms with E-state index < -0.39 is 0 Å². The smallest absolute Gasteiger partial charge is 0.152 e. The molecule has 0 saturated heterocycles. The standard InChI is InChI=1S/C19H16O3.C2H2/c1-13(20)7-8-15-12-22-18-11-16(21)9-10-17(18)19(15)14-5-3-2-4-6-14;1-2/h2-11,21H,12H2,1H3;1-2H/b8-7-;. The lowest BCUT2D eigenvalue weighted by Crippen LogP contribution is -2.11. The SMILES string of the molecule is C#C.CC(=O)/C=C\C1=C(c2ccccc2)c2ccc(O)cc2OC1. The number of benzene rings is 2. The molecule has 3 heteroatoms. The van der Waals surface area contributed by atoms with Crippen LogP contribution in [-0.2, 0) is 4.79 Å². The van der Waals surface area contributed by atoms with Gasteiger partial charge in [0, 0.05) is 11.6 Å². The Morgan fingerprint density at radius 3 is 2.54 bits per heavy atom. The van der Waals surface area contributed by atoms with E-state index in [0.29, 0.717) is 12.4 Å². The molecule has 1 aliphatic heterocycles. The summed E-state index contributed by atoms with van der Waals surface area (Å²) in [5.41, 5.74) is 3.94. The van der Waals surface area contributed by atoms with Crippen LogP contribution in [0.3, 0.4) is 0 Å². The third-order valence-corrected chi connectivity index (χ3v) is 3.52. The maximum Gasteiger partial charge on any atom is 0.152 e. The fourth-order valence-electron chi connectivity index (χ4n) is 2.53. The van der Waals surface area contributed by atoms with Crippen LogP contribution in [-0.4, -0.2) is 17.5 Å². The zero-order chi connectivity index (χ0) is 17.5. The van der Waals surface area contributed by atoms with E-state index in [1.807, 2.05) is 36.4 Å². The molecular formula is C21H18O3. The van der Waals surface area contributed by atoms with Gasteiger partial charge in [0.2, 0.25) is 0 Å².